The Morgan fingerprint density at radius 3 is 2.64 bits per heavy atom. The molecule has 1 aliphatic heterocycles. The van der Waals surface area contributed by atoms with Gasteiger partial charge in [-0.25, -0.2) is 9.37 Å². The molecule has 3 amide bonds. The maximum Gasteiger partial charge on any atom is 0.294 e. The Kier molecular flexibility index (Phi) is 4.93. The van der Waals surface area contributed by atoms with Crippen LogP contribution in [0.5, 0.6) is 0 Å². The van der Waals surface area contributed by atoms with Crippen LogP contribution in [0.3, 0.4) is 0 Å². The Bertz CT molecular complexity index is 1090. The van der Waals surface area contributed by atoms with Crippen molar-refractivity contribution in [2.24, 2.45) is 0 Å². The van der Waals surface area contributed by atoms with Crippen molar-refractivity contribution in [3.63, 3.8) is 0 Å². The fourth-order valence-electron chi connectivity index (χ4n) is 2.57. The Morgan fingerprint density at radius 2 is 1.89 bits per heavy atom. The standard InChI is InChI=1S/C19H12FN3O3S2/c20-12-7-5-11(6-8-12)9-15-17(25)23(19(26)28-15)10-16(24)22-18-21-13-3-1-2-4-14(13)27-18/h1-9H,10H2,(H,21,22,24). The van der Waals surface area contributed by atoms with E-state index in [0.717, 1.165) is 26.9 Å². The van der Waals surface area contributed by atoms with E-state index in [2.05, 4.69) is 10.3 Å². The van der Waals surface area contributed by atoms with E-state index >= 15 is 0 Å². The summed E-state index contributed by atoms with van der Waals surface area (Å²) in [6, 6.07) is 13.0. The monoisotopic (exact) mass is 413 g/mol. The first-order valence-corrected chi connectivity index (χ1v) is 9.79. The largest absolute Gasteiger partial charge is 0.300 e. The number of nitrogens with one attached hydrogen (secondary N) is 1. The van der Waals surface area contributed by atoms with Gasteiger partial charge in [-0.1, -0.05) is 35.6 Å². The van der Waals surface area contributed by atoms with Crippen molar-refractivity contribution >= 4 is 61.6 Å². The van der Waals surface area contributed by atoms with Crippen LogP contribution in [-0.2, 0) is 9.59 Å². The van der Waals surface area contributed by atoms with Crippen molar-refractivity contribution in [1.29, 1.82) is 0 Å². The molecule has 1 aromatic heterocycles. The number of para-hydroxylation sites is 1. The van der Waals surface area contributed by atoms with Crippen LogP contribution in [-0.4, -0.2) is 33.5 Å². The molecule has 28 heavy (non-hydrogen) atoms. The van der Waals surface area contributed by atoms with Crippen molar-refractivity contribution in [1.82, 2.24) is 9.88 Å². The molecule has 0 unspecified atom stereocenters. The molecule has 3 aromatic rings. The number of thioether (sulfide) groups is 1. The number of hydrogen-bond acceptors (Lipinski definition) is 6. The lowest BCUT2D eigenvalue weighted by atomic mass is 10.2. The Balaban J connectivity index is 1.45. The summed E-state index contributed by atoms with van der Waals surface area (Å²) in [4.78, 5) is 42.2. The van der Waals surface area contributed by atoms with Gasteiger partial charge < -0.3 is 5.32 Å². The third-order valence-electron chi connectivity index (χ3n) is 3.88. The molecular weight excluding hydrogens is 401 g/mol. The maximum atomic E-state index is 13.0. The summed E-state index contributed by atoms with van der Waals surface area (Å²) in [5.74, 6) is -1.46. The van der Waals surface area contributed by atoms with E-state index < -0.39 is 29.4 Å². The van der Waals surface area contributed by atoms with E-state index in [1.54, 1.807) is 0 Å². The first-order valence-electron chi connectivity index (χ1n) is 8.16. The summed E-state index contributed by atoms with van der Waals surface area (Å²) in [6.45, 7) is -0.401. The van der Waals surface area contributed by atoms with Crippen LogP contribution in [0.4, 0.5) is 14.3 Å². The van der Waals surface area contributed by atoms with Crippen LogP contribution < -0.4 is 5.32 Å². The predicted octanol–water partition coefficient (Wildman–Crippen LogP) is 4.11. The van der Waals surface area contributed by atoms with Gasteiger partial charge in [0.05, 0.1) is 15.1 Å². The molecule has 140 valence electrons. The van der Waals surface area contributed by atoms with E-state index in [-0.39, 0.29) is 4.91 Å². The minimum absolute atomic E-state index is 0.185. The van der Waals surface area contributed by atoms with Crippen molar-refractivity contribution in [3.05, 3.63) is 64.8 Å². The first kappa shape index (κ1) is 18.3. The number of carbonyl (C=O) groups is 3. The highest BCUT2D eigenvalue weighted by molar-refractivity contribution is 8.18. The van der Waals surface area contributed by atoms with E-state index in [4.69, 9.17) is 0 Å². The summed E-state index contributed by atoms with van der Waals surface area (Å²) in [6.07, 6.45) is 1.50. The molecule has 9 heteroatoms. The Labute approximate surface area is 167 Å². The molecule has 0 radical (unpaired) electrons. The van der Waals surface area contributed by atoms with Gasteiger partial charge >= 0.3 is 0 Å². The third-order valence-corrected chi connectivity index (χ3v) is 5.74. The number of hydrogen-bond donors (Lipinski definition) is 1. The lowest BCUT2D eigenvalue weighted by molar-refractivity contribution is -0.127. The lowest BCUT2D eigenvalue weighted by Crippen LogP contribution is -2.36. The number of aromatic nitrogens is 1. The molecule has 1 aliphatic rings. The van der Waals surface area contributed by atoms with Crippen molar-refractivity contribution in [3.8, 4) is 0 Å². The highest BCUT2D eigenvalue weighted by Crippen LogP contribution is 2.32. The van der Waals surface area contributed by atoms with Crippen molar-refractivity contribution in [2.45, 2.75) is 0 Å². The van der Waals surface area contributed by atoms with Gasteiger partial charge in [-0.3, -0.25) is 19.3 Å². The maximum absolute atomic E-state index is 13.0. The van der Waals surface area contributed by atoms with E-state index in [0.29, 0.717) is 10.7 Å². The van der Waals surface area contributed by atoms with Crippen molar-refractivity contribution < 1.29 is 18.8 Å². The second-order valence-electron chi connectivity index (χ2n) is 5.85. The summed E-state index contributed by atoms with van der Waals surface area (Å²) in [5, 5.41) is 2.50. The average Bonchev–Trinajstić information content (AvgIpc) is 3.19. The molecule has 0 spiro atoms. The number of anilines is 1. The third kappa shape index (κ3) is 3.80. The van der Waals surface area contributed by atoms with Crippen LogP contribution in [0.15, 0.2) is 53.4 Å². The molecular formula is C19H12FN3O3S2. The number of thiazole rings is 1. The van der Waals surface area contributed by atoms with Gasteiger partial charge in [0, 0.05) is 0 Å². The molecule has 1 saturated heterocycles. The van der Waals surface area contributed by atoms with E-state index in [9.17, 15) is 18.8 Å². The minimum atomic E-state index is -0.557. The molecule has 6 nitrogen and oxygen atoms in total. The number of fused-ring (bicyclic) bond motifs is 1. The second-order valence-corrected chi connectivity index (χ2v) is 7.88. The van der Waals surface area contributed by atoms with E-state index in [1.165, 1.54) is 41.7 Å². The molecule has 2 aromatic carbocycles. The minimum Gasteiger partial charge on any atom is -0.300 e. The van der Waals surface area contributed by atoms with Gasteiger partial charge in [-0.05, 0) is 47.7 Å². The summed E-state index contributed by atoms with van der Waals surface area (Å²) in [7, 11) is 0. The number of nitrogens with zero attached hydrogens (tertiary/aromatic N) is 2. The molecule has 0 atom stereocenters. The number of halogens is 1. The van der Waals surface area contributed by atoms with Crippen LogP contribution in [0.1, 0.15) is 5.56 Å². The molecule has 0 saturated carbocycles. The fraction of sp³-hybridized carbons (Fsp3) is 0.0526. The number of imide groups is 1. The van der Waals surface area contributed by atoms with Crippen LogP contribution in [0.25, 0.3) is 16.3 Å². The number of carbonyl (C=O) groups excluding carboxylic acids is 3. The molecule has 4 rings (SSSR count). The van der Waals surface area contributed by atoms with Gasteiger partial charge in [-0.2, -0.15) is 0 Å². The van der Waals surface area contributed by atoms with Gasteiger partial charge in [0.25, 0.3) is 11.1 Å². The average molecular weight is 413 g/mol. The van der Waals surface area contributed by atoms with Crippen LogP contribution in [0.2, 0.25) is 0 Å². The zero-order valence-electron chi connectivity index (χ0n) is 14.2. The Morgan fingerprint density at radius 1 is 1.14 bits per heavy atom. The van der Waals surface area contributed by atoms with E-state index in [1.807, 2.05) is 24.3 Å². The second kappa shape index (κ2) is 7.53. The molecule has 1 fully saturated rings. The smallest absolute Gasteiger partial charge is 0.294 e. The highest BCUT2D eigenvalue weighted by atomic mass is 32.2. The number of benzene rings is 2. The van der Waals surface area contributed by atoms with Crippen LogP contribution >= 0.6 is 23.1 Å². The molecule has 0 aliphatic carbocycles. The Hall–Kier alpha value is -3.04. The SMILES string of the molecule is O=C(CN1C(=O)SC(=Cc2ccc(F)cc2)C1=O)Nc1nc2ccccc2s1. The van der Waals surface area contributed by atoms with Crippen molar-refractivity contribution in [2.75, 3.05) is 11.9 Å². The van der Waals surface area contributed by atoms with Gasteiger partial charge in [0.2, 0.25) is 5.91 Å². The molecule has 1 N–H and O–H groups in total. The normalized spacial score (nSPS) is 15.6. The zero-order valence-corrected chi connectivity index (χ0v) is 15.8. The van der Waals surface area contributed by atoms with Gasteiger partial charge in [-0.15, -0.1) is 0 Å². The topological polar surface area (TPSA) is 79.4 Å². The first-order chi connectivity index (χ1) is 13.5. The summed E-state index contributed by atoms with van der Waals surface area (Å²) >= 11 is 2.05. The molecule has 0 bridgehead atoms. The number of amides is 3. The predicted molar refractivity (Wildman–Crippen MR) is 107 cm³/mol. The summed E-state index contributed by atoms with van der Waals surface area (Å²) in [5.41, 5.74) is 1.35. The summed E-state index contributed by atoms with van der Waals surface area (Å²) < 4.78 is 13.9. The lowest BCUT2D eigenvalue weighted by Gasteiger charge is -2.11. The number of rotatable bonds is 4. The molecule has 2 heterocycles. The van der Waals surface area contributed by atoms with Gasteiger partial charge in [0.1, 0.15) is 12.4 Å². The fourth-order valence-corrected chi connectivity index (χ4v) is 4.30. The quantitative estimate of drug-likeness (QED) is 0.651. The zero-order chi connectivity index (χ0) is 19.7. The highest BCUT2D eigenvalue weighted by Gasteiger charge is 2.36. The van der Waals surface area contributed by atoms with Gasteiger partial charge in [0.15, 0.2) is 5.13 Å². The van der Waals surface area contributed by atoms with Crippen LogP contribution in [0, 0.1) is 5.82 Å².